The molecular weight excluding hydrogens is 319 g/mol. The van der Waals surface area contributed by atoms with Crippen molar-refractivity contribution in [2.75, 3.05) is 0 Å². The van der Waals surface area contributed by atoms with Crippen LogP contribution in [0, 0.1) is 11.8 Å². The van der Waals surface area contributed by atoms with Gasteiger partial charge in [-0.15, -0.1) is 0 Å². The van der Waals surface area contributed by atoms with Crippen molar-refractivity contribution in [2.24, 2.45) is 28.3 Å². The van der Waals surface area contributed by atoms with Crippen molar-refractivity contribution in [3.63, 3.8) is 0 Å². The Morgan fingerprint density at radius 1 is 1.30 bits per heavy atom. The van der Waals surface area contributed by atoms with Crippen LogP contribution in [0.25, 0.3) is 0 Å². The van der Waals surface area contributed by atoms with E-state index < -0.39 is 19.3 Å². The first kappa shape index (κ1) is 19.9. The zero-order chi connectivity index (χ0) is 17.8. The minimum atomic E-state index is -4.22. The highest BCUT2D eigenvalue weighted by atomic mass is 31.2. The van der Waals surface area contributed by atoms with E-state index in [1.54, 1.807) is 0 Å². The van der Waals surface area contributed by atoms with Gasteiger partial charge in [0, 0.05) is 18.9 Å². The molecule has 1 saturated carbocycles. The number of nitrogens with two attached hydrogens (primary N) is 2. The fraction of sp³-hybridized carbons (Fsp3) is 0.857. The number of hydrogen-bond acceptors (Lipinski definition) is 3. The van der Waals surface area contributed by atoms with Crippen LogP contribution in [-0.2, 0) is 9.36 Å². The minimum Gasteiger partial charge on any atom is -0.370 e. The van der Waals surface area contributed by atoms with E-state index in [1.165, 1.54) is 6.92 Å². The van der Waals surface area contributed by atoms with Gasteiger partial charge in [-0.05, 0) is 18.8 Å². The Morgan fingerprint density at radius 2 is 1.87 bits per heavy atom. The van der Waals surface area contributed by atoms with Crippen molar-refractivity contribution in [2.45, 2.75) is 64.2 Å². The number of hydrogen-bond donors (Lipinski definition) is 5. The highest BCUT2D eigenvalue weighted by Gasteiger charge is 2.47. The monoisotopic (exact) mass is 348 g/mol. The second-order valence-electron chi connectivity index (χ2n) is 6.30. The van der Waals surface area contributed by atoms with Crippen molar-refractivity contribution in [3.05, 3.63) is 0 Å². The average molecular weight is 348 g/mol. The Morgan fingerprint density at radius 3 is 2.26 bits per heavy atom. The summed E-state index contributed by atoms with van der Waals surface area (Å²) in [6.45, 7) is 5.52. The van der Waals surface area contributed by atoms with Crippen LogP contribution in [0.1, 0.15) is 46.5 Å². The number of carbonyl (C=O) groups excluding carboxylic acids is 1. The molecule has 4 atom stereocenters. The normalized spacial score (nSPS) is 26.1. The summed E-state index contributed by atoms with van der Waals surface area (Å²) in [5.41, 5.74) is 10.2. The standard InChI is InChI=1S/C14H29N4O4P/c1-4-9(5-2)13(17-8(3)19)11-6-10(23(20,21)22)7-12(11)18-14(15)16/h9-13H,4-7H2,1-3H3,(H,17,19)(H4,15,16,18)(H2,20,21,22)/t10-,11+,12-,13+/m1/s1. The van der Waals surface area contributed by atoms with Crippen LogP contribution in [-0.4, -0.2) is 39.4 Å². The number of carbonyl (C=O) groups is 1. The quantitative estimate of drug-likeness (QED) is 0.257. The number of aliphatic imine (C=N–C) groups is 1. The van der Waals surface area contributed by atoms with Crippen LogP contribution >= 0.6 is 7.60 Å². The highest BCUT2D eigenvalue weighted by molar-refractivity contribution is 7.52. The maximum absolute atomic E-state index is 11.7. The molecular formula is C14H29N4O4P. The summed E-state index contributed by atoms with van der Waals surface area (Å²) < 4.78 is 11.7. The fourth-order valence-corrected chi connectivity index (χ4v) is 4.64. The third kappa shape index (κ3) is 5.48. The molecule has 0 spiro atoms. The van der Waals surface area contributed by atoms with Gasteiger partial charge in [0.1, 0.15) is 0 Å². The van der Waals surface area contributed by atoms with Crippen molar-refractivity contribution in [1.29, 1.82) is 0 Å². The number of guanidine groups is 1. The summed E-state index contributed by atoms with van der Waals surface area (Å²) in [5.74, 6) is -0.248. The largest absolute Gasteiger partial charge is 0.370 e. The molecule has 1 rings (SSSR count). The van der Waals surface area contributed by atoms with Gasteiger partial charge < -0.3 is 26.6 Å². The van der Waals surface area contributed by atoms with E-state index in [1.807, 2.05) is 13.8 Å². The second-order valence-corrected chi connectivity index (χ2v) is 8.21. The molecule has 0 aromatic carbocycles. The molecule has 7 N–H and O–H groups in total. The van der Waals surface area contributed by atoms with E-state index in [0.717, 1.165) is 12.8 Å². The van der Waals surface area contributed by atoms with Gasteiger partial charge in [0.25, 0.3) is 0 Å². The number of nitrogens with zero attached hydrogens (tertiary/aromatic N) is 1. The third-order valence-corrected chi connectivity index (χ3v) is 6.10. The topological polar surface area (TPSA) is 151 Å². The zero-order valence-electron chi connectivity index (χ0n) is 14.0. The van der Waals surface area contributed by atoms with Crippen LogP contribution in [0.15, 0.2) is 4.99 Å². The molecule has 0 aliphatic heterocycles. The molecule has 8 nitrogen and oxygen atoms in total. The summed E-state index contributed by atoms with van der Waals surface area (Å²) in [5, 5.41) is 2.96. The molecule has 0 aromatic heterocycles. The zero-order valence-corrected chi connectivity index (χ0v) is 14.9. The lowest BCUT2D eigenvalue weighted by atomic mass is 9.82. The molecule has 1 fully saturated rings. The Hall–Kier alpha value is -1.11. The SMILES string of the molecule is CCC(CC)[C@H](NC(C)=O)[C@H]1C[C@@H](P(=O)(O)O)C[C@H]1N=C(N)N. The van der Waals surface area contributed by atoms with Gasteiger partial charge in [-0.3, -0.25) is 9.36 Å². The van der Waals surface area contributed by atoms with E-state index in [-0.39, 0.29) is 36.2 Å². The third-order valence-electron chi connectivity index (χ3n) is 4.73. The van der Waals surface area contributed by atoms with E-state index in [9.17, 15) is 19.1 Å². The summed E-state index contributed by atoms with van der Waals surface area (Å²) in [4.78, 5) is 34.8. The van der Waals surface area contributed by atoms with Gasteiger partial charge in [-0.2, -0.15) is 0 Å². The van der Waals surface area contributed by atoms with Gasteiger partial charge >= 0.3 is 7.60 Å². The first-order valence-corrected chi connectivity index (χ1v) is 9.69. The molecule has 0 aromatic rings. The van der Waals surface area contributed by atoms with Gasteiger partial charge in [-0.1, -0.05) is 26.7 Å². The predicted octanol–water partition coefficient (Wildman–Crippen LogP) is 0.526. The fourth-order valence-electron chi connectivity index (χ4n) is 3.63. The lowest BCUT2D eigenvalue weighted by Crippen LogP contribution is -2.47. The smallest absolute Gasteiger partial charge is 0.328 e. The van der Waals surface area contributed by atoms with Crippen LogP contribution in [0.3, 0.4) is 0 Å². The van der Waals surface area contributed by atoms with Gasteiger partial charge in [0.2, 0.25) is 5.91 Å². The number of rotatable bonds is 7. The van der Waals surface area contributed by atoms with E-state index in [0.29, 0.717) is 6.42 Å². The molecule has 9 heteroatoms. The summed E-state index contributed by atoms with van der Waals surface area (Å²) in [7, 11) is -4.22. The maximum atomic E-state index is 11.7. The summed E-state index contributed by atoms with van der Waals surface area (Å²) in [6, 6.07) is -0.595. The predicted molar refractivity (Wildman–Crippen MR) is 89.8 cm³/mol. The van der Waals surface area contributed by atoms with Crippen LogP contribution in [0.2, 0.25) is 0 Å². The average Bonchev–Trinajstić information content (AvgIpc) is 2.81. The highest BCUT2D eigenvalue weighted by Crippen LogP contribution is 2.52. The Kier molecular flexibility index (Phi) is 7.04. The van der Waals surface area contributed by atoms with Crippen LogP contribution in [0.5, 0.6) is 0 Å². The molecule has 0 radical (unpaired) electrons. The maximum Gasteiger partial charge on any atom is 0.328 e. The molecule has 1 amide bonds. The Balaban J connectivity index is 3.15. The Bertz CT molecular complexity index is 485. The van der Waals surface area contributed by atoms with Crippen molar-refractivity contribution in [3.8, 4) is 0 Å². The van der Waals surface area contributed by atoms with E-state index in [2.05, 4.69) is 10.3 Å². The van der Waals surface area contributed by atoms with E-state index in [4.69, 9.17) is 11.5 Å². The second kappa shape index (κ2) is 8.13. The van der Waals surface area contributed by atoms with Crippen LogP contribution in [0.4, 0.5) is 0 Å². The van der Waals surface area contributed by atoms with Crippen molar-refractivity contribution in [1.82, 2.24) is 5.32 Å². The molecule has 0 heterocycles. The molecule has 0 saturated heterocycles. The number of amides is 1. The first-order chi connectivity index (χ1) is 10.6. The lowest BCUT2D eigenvalue weighted by molar-refractivity contribution is -0.120. The molecule has 134 valence electrons. The number of nitrogens with one attached hydrogen (secondary N) is 1. The van der Waals surface area contributed by atoms with Gasteiger partial charge in [0.15, 0.2) is 5.96 Å². The first-order valence-electron chi connectivity index (χ1n) is 8.01. The van der Waals surface area contributed by atoms with E-state index >= 15 is 0 Å². The summed E-state index contributed by atoms with van der Waals surface area (Å²) >= 11 is 0. The molecule has 23 heavy (non-hydrogen) atoms. The molecule has 1 aliphatic carbocycles. The molecule has 1 aliphatic rings. The molecule has 0 unspecified atom stereocenters. The minimum absolute atomic E-state index is 0.0996. The van der Waals surface area contributed by atoms with Gasteiger partial charge in [0.05, 0.1) is 11.7 Å². The van der Waals surface area contributed by atoms with Crippen molar-refractivity contribution >= 4 is 19.5 Å². The molecule has 0 bridgehead atoms. The summed E-state index contributed by atoms with van der Waals surface area (Å²) in [6.07, 6.45) is 2.23. The Labute approximate surface area is 137 Å². The van der Waals surface area contributed by atoms with Crippen LogP contribution < -0.4 is 16.8 Å². The van der Waals surface area contributed by atoms with Crippen molar-refractivity contribution < 1.29 is 19.1 Å². The lowest BCUT2D eigenvalue weighted by Gasteiger charge is -2.33. The van der Waals surface area contributed by atoms with Gasteiger partial charge in [-0.25, -0.2) is 4.99 Å².